The molecule has 8 heteroatoms. The predicted molar refractivity (Wildman–Crippen MR) is 112 cm³/mol. The number of ether oxygens (including phenoxy) is 1. The van der Waals surface area contributed by atoms with Crippen LogP contribution in [-0.4, -0.2) is 44.4 Å². The highest BCUT2D eigenvalue weighted by Gasteiger charge is 2.31. The van der Waals surface area contributed by atoms with E-state index in [0.717, 1.165) is 5.75 Å². The zero-order chi connectivity index (χ0) is 20.4. The fourth-order valence-electron chi connectivity index (χ4n) is 3.04. The molecule has 0 bridgehead atoms. The summed E-state index contributed by atoms with van der Waals surface area (Å²) >= 11 is 0. The summed E-state index contributed by atoms with van der Waals surface area (Å²) in [7, 11) is -1.93. The van der Waals surface area contributed by atoms with Crippen LogP contribution in [0.2, 0.25) is 0 Å². The second-order valence-corrected chi connectivity index (χ2v) is 8.34. The minimum Gasteiger partial charge on any atom is -0.457 e. The van der Waals surface area contributed by atoms with Crippen LogP contribution in [0, 0.1) is 0 Å². The predicted octanol–water partition coefficient (Wildman–Crippen LogP) is 2.94. The first kappa shape index (κ1) is 18.9. The van der Waals surface area contributed by atoms with Gasteiger partial charge in [0.25, 0.3) is 15.9 Å². The van der Waals surface area contributed by atoms with E-state index >= 15 is 0 Å². The minimum absolute atomic E-state index is 0.0684. The molecule has 1 amide bonds. The number of hydrogen-bond acceptors (Lipinski definition) is 5. The van der Waals surface area contributed by atoms with E-state index in [1.165, 1.54) is 4.90 Å². The molecule has 0 aromatic heterocycles. The lowest BCUT2D eigenvalue weighted by Gasteiger charge is -2.30. The Morgan fingerprint density at radius 2 is 1.76 bits per heavy atom. The molecule has 4 rings (SSSR count). The Balaban J connectivity index is 1.54. The maximum atomic E-state index is 13.0. The molecule has 2 heterocycles. The molecule has 0 unspecified atom stereocenters. The SMILES string of the molecule is CN(C(=O)C1=CC=CN2CCS(=O)(=O)N=C12)c1ccc(Oc2ccccc2)cc1. The summed E-state index contributed by atoms with van der Waals surface area (Å²) in [6, 6.07) is 16.5. The van der Waals surface area contributed by atoms with Crippen molar-refractivity contribution in [2.75, 3.05) is 24.2 Å². The topological polar surface area (TPSA) is 79.3 Å². The number of carbonyl (C=O) groups is 1. The number of likely N-dealkylation sites (N-methyl/N-ethyl adjacent to an activating group) is 1. The molecule has 0 atom stereocenters. The molecular weight excluding hydrogens is 390 g/mol. The third kappa shape index (κ3) is 4.07. The molecule has 2 aromatic rings. The highest BCUT2D eigenvalue weighted by molar-refractivity contribution is 7.90. The molecule has 7 nitrogen and oxygen atoms in total. The van der Waals surface area contributed by atoms with Crippen molar-refractivity contribution < 1.29 is 17.9 Å². The van der Waals surface area contributed by atoms with Gasteiger partial charge in [0.15, 0.2) is 5.84 Å². The number of anilines is 1. The standard InChI is InChI=1S/C21H19N3O4S/c1-23(16-9-11-18(12-10-16)28-17-6-3-2-4-7-17)21(25)19-8-5-13-24-14-15-29(26,27)22-20(19)24/h2-13H,14-15H2,1H3. The first-order valence-electron chi connectivity index (χ1n) is 9.02. The van der Waals surface area contributed by atoms with E-state index in [4.69, 9.17) is 4.74 Å². The van der Waals surface area contributed by atoms with Crippen molar-refractivity contribution in [3.05, 3.63) is 78.5 Å². The van der Waals surface area contributed by atoms with Crippen LogP contribution in [0.1, 0.15) is 0 Å². The van der Waals surface area contributed by atoms with Crippen LogP contribution in [0.15, 0.2) is 82.9 Å². The van der Waals surface area contributed by atoms with E-state index in [1.54, 1.807) is 54.6 Å². The zero-order valence-corrected chi connectivity index (χ0v) is 16.5. The van der Waals surface area contributed by atoms with Gasteiger partial charge in [-0.3, -0.25) is 4.79 Å². The van der Waals surface area contributed by atoms with Gasteiger partial charge < -0.3 is 14.5 Å². The number of amidine groups is 1. The van der Waals surface area contributed by atoms with Crippen molar-refractivity contribution in [1.82, 2.24) is 4.90 Å². The van der Waals surface area contributed by atoms with E-state index < -0.39 is 10.0 Å². The van der Waals surface area contributed by atoms with Gasteiger partial charge >= 0.3 is 0 Å². The Kier molecular flexibility index (Phi) is 4.94. The van der Waals surface area contributed by atoms with Crippen LogP contribution in [-0.2, 0) is 14.8 Å². The smallest absolute Gasteiger partial charge is 0.261 e. The van der Waals surface area contributed by atoms with Gasteiger partial charge in [0.05, 0.1) is 11.3 Å². The van der Waals surface area contributed by atoms with Gasteiger partial charge in [-0.15, -0.1) is 4.40 Å². The molecular formula is C21H19N3O4S. The van der Waals surface area contributed by atoms with Crippen LogP contribution < -0.4 is 9.64 Å². The highest BCUT2D eigenvalue weighted by atomic mass is 32.2. The summed E-state index contributed by atoms with van der Waals surface area (Å²) in [5, 5.41) is 0. The third-order valence-electron chi connectivity index (χ3n) is 4.60. The normalized spacial score (nSPS) is 17.1. The van der Waals surface area contributed by atoms with Crippen LogP contribution in [0.25, 0.3) is 0 Å². The maximum absolute atomic E-state index is 13.0. The number of nitrogens with zero attached hydrogens (tertiary/aromatic N) is 3. The van der Waals surface area contributed by atoms with E-state index in [2.05, 4.69) is 4.40 Å². The number of benzene rings is 2. The summed E-state index contributed by atoms with van der Waals surface area (Å²) in [6.07, 6.45) is 5.02. The first-order valence-corrected chi connectivity index (χ1v) is 10.6. The Hall–Kier alpha value is -3.39. The number of para-hydroxylation sites is 1. The molecule has 0 N–H and O–H groups in total. The van der Waals surface area contributed by atoms with Crippen molar-refractivity contribution in [3.8, 4) is 11.5 Å². The van der Waals surface area contributed by atoms with Crippen molar-refractivity contribution >= 4 is 27.5 Å². The first-order chi connectivity index (χ1) is 13.9. The number of carbonyl (C=O) groups excluding carboxylic acids is 1. The number of fused-ring (bicyclic) bond motifs is 1. The quantitative estimate of drug-likeness (QED) is 0.776. The zero-order valence-electron chi connectivity index (χ0n) is 15.7. The van der Waals surface area contributed by atoms with Gasteiger partial charge in [-0.25, -0.2) is 8.42 Å². The molecule has 148 valence electrons. The lowest BCUT2D eigenvalue weighted by molar-refractivity contribution is -0.114. The molecule has 0 saturated carbocycles. The average molecular weight is 409 g/mol. The summed E-state index contributed by atoms with van der Waals surface area (Å²) < 4.78 is 33.4. The Labute approximate surface area is 169 Å². The summed E-state index contributed by atoms with van der Waals surface area (Å²) in [6.45, 7) is 0.275. The van der Waals surface area contributed by atoms with Crippen LogP contribution in [0.5, 0.6) is 11.5 Å². The van der Waals surface area contributed by atoms with Gasteiger partial charge in [-0.1, -0.05) is 18.2 Å². The Morgan fingerprint density at radius 1 is 1.07 bits per heavy atom. The molecule has 2 aliphatic rings. The Morgan fingerprint density at radius 3 is 2.48 bits per heavy atom. The van der Waals surface area contributed by atoms with Crippen LogP contribution in [0.3, 0.4) is 0 Å². The highest BCUT2D eigenvalue weighted by Crippen LogP contribution is 2.26. The number of hydrogen-bond donors (Lipinski definition) is 0. The second kappa shape index (κ2) is 7.56. The number of rotatable bonds is 4. The number of amides is 1. The Bertz CT molecular complexity index is 1120. The van der Waals surface area contributed by atoms with Crippen molar-refractivity contribution in [3.63, 3.8) is 0 Å². The van der Waals surface area contributed by atoms with Gasteiger partial charge in [-0.05, 0) is 48.6 Å². The molecule has 0 saturated heterocycles. The molecule has 2 aliphatic heterocycles. The lowest BCUT2D eigenvalue weighted by Crippen LogP contribution is -2.42. The number of allylic oxidation sites excluding steroid dienone is 2. The minimum atomic E-state index is -3.56. The molecule has 2 aromatic carbocycles. The second-order valence-electron chi connectivity index (χ2n) is 6.59. The summed E-state index contributed by atoms with van der Waals surface area (Å²) in [5.41, 5.74) is 0.888. The molecule has 0 radical (unpaired) electrons. The average Bonchev–Trinajstić information content (AvgIpc) is 2.73. The fourth-order valence-corrected chi connectivity index (χ4v) is 4.03. The molecule has 0 fully saturated rings. The summed E-state index contributed by atoms with van der Waals surface area (Å²) in [4.78, 5) is 16.2. The number of sulfonamides is 1. The molecule has 0 aliphatic carbocycles. The lowest BCUT2D eigenvalue weighted by atomic mass is 10.1. The van der Waals surface area contributed by atoms with Gasteiger partial charge in [0.2, 0.25) is 0 Å². The van der Waals surface area contributed by atoms with Crippen LogP contribution in [0.4, 0.5) is 5.69 Å². The van der Waals surface area contributed by atoms with Gasteiger partial charge in [0, 0.05) is 25.5 Å². The van der Waals surface area contributed by atoms with Gasteiger partial charge in [-0.2, -0.15) is 0 Å². The summed E-state index contributed by atoms with van der Waals surface area (Å²) in [5.74, 6) is 1.13. The third-order valence-corrected chi connectivity index (χ3v) is 5.75. The van der Waals surface area contributed by atoms with Crippen molar-refractivity contribution in [2.24, 2.45) is 4.40 Å². The van der Waals surface area contributed by atoms with E-state index in [1.807, 2.05) is 30.3 Å². The largest absolute Gasteiger partial charge is 0.457 e. The van der Waals surface area contributed by atoms with E-state index in [0.29, 0.717) is 11.4 Å². The molecule has 29 heavy (non-hydrogen) atoms. The van der Waals surface area contributed by atoms with Crippen molar-refractivity contribution in [2.45, 2.75) is 0 Å². The van der Waals surface area contributed by atoms with E-state index in [9.17, 15) is 13.2 Å². The van der Waals surface area contributed by atoms with Crippen LogP contribution >= 0.6 is 0 Å². The monoisotopic (exact) mass is 409 g/mol. The molecule has 0 spiro atoms. The van der Waals surface area contributed by atoms with Crippen molar-refractivity contribution in [1.29, 1.82) is 0 Å². The van der Waals surface area contributed by atoms with Gasteiger partial charge in [0.1, 0.15) is 11.5 Å². The maximum Gasteiger partial charge on any atom is 0.261 e. The fraction of sp³-hybridized carbons (Fsp3) is 0.143. The van der Waals surface area contributed by atoms with E-state index in [-0.39, 0.29) is 29.6 Å².